The summed E-state index contributed by atoms with van der Waals surface area (Å²) >= 11 is 2.25. The zero-order valence-electron chi connectivity index (χ0n) is 12.0. The van der Waals surface area contributed by atoms with Crippen LogP contribution in [0.3, 0.4) is 0 Å². The summed E-state index contributed by atoms with van der Waals surface area (Å²) in [5, 5.41) is 0.265. The van der Waals surface area contributed by atoms with Crippen molar-refractivity contribution in [2.75, 3.05) is 0 Å². The van der Waals surface area contributed by atoms with Crippen LogP contribution in [0.15, 0.2) is 10.5 Å². The Balaban J connectivity index is 2.21. The lowest BCUT2D eigenvalue weighted by Crippen LogP contribution is -2.42. The van der Waals surface area contributed by atoms with Crippen LogP contribution in [0.1, 0.15) is 51.0 Å². The number of rotatable bonds is 2. The Morgan fingerprint density at radius 1 is 1.39 bits per heavy atom. The smallest absolute Gasteiger partial charge is 0.192 e. The summed E-state index contributed by atoms with van der Waals surface area (Å²) in [4.78, 5) is 0. The molecule has 1 unspecified atom stereocenters. The molecular weight excluding hydrogens is 355 g/mol. The number of hydrogen-bond acceptors (Lipinski definition) is 2. The van der Waals surface area contributed by atoms with Crippen molar-refractivity contribution in [3.8, 4) is 0 Å². The summed E-state index contributed by atoms with van der Waals surface area (Å²) in [6, 6.07) is 2.16. The Labute approximate surface area is 125 Å². The fraction of sp³-hybridized carbons (Fsp3) is 0.714. The van der Waals surface area contributed by atoms with Crippen LogP contribution in [0, 0.1) is 3.77 Å². The molecule has 1 aromatic heterocycles. The minimum atomic E-state index is -1.70. The van der Waals surface area contributed by atoms with Crippen molar-refractivity contribution in [1.29, 1.82) is 0 Å². The van der Waals surface area contributed by atoms with Crippen molar-refractivity contribution in [2.24, 2.45) is 0 Å². The minimum absolute atomic E-state index is 0.252. The van der Waals surface area contributed by atoms with E-state index < -0.39 is 8.32 Å². The standard InChI is InChI=1S/C14H23IO2Si/c1-14(2,3)18(4,5)17-12-8-6-7-11-10(12)9-13(15)16-11/h9,12H,6-8H2,1-5H3. The summed E-state index contributed by atoms with van der Waals surface area (Å²) in [6.45, 7) is 11.5. The molecule has 1 aromatic rings. The first-order valence-corrected chi connectivity index (χ1v) is 10.7. The molecule has 1 heterocycles. The zero-order chi connectivity index (χ0) is 13.6. The van der Waals surface area contributed by atoms with Crippen molar-refractivity contribution in [1.82, 2.24) is 0 Å². The quantitative estimate of drug-likeness (QED) is 0.516. The molecule has 0 aliphatic heterocycles. The van der Waals surface area contributed by atoms with Gasteiger partial charge in [-0.05, 0) is 59.6 Å². The van der Waals surface area contributed by atoms with Crippen LogP contribution < -0.4 is 0 Å². The van der Waals surface area contributed by atoms with Gasteiger partial charge in [0, 0.05) is 12.0 Å². The molecule has 1 atom stereocenters. The van der Waals surface area contributed by atoms with Crippen LogP contribution in [0.2, 0.25) is 18.1 Å². The van der Waals surface area contributed by atoms with Gasteiger partial charge in [-0.15, -0.1) is 0 Å². The summed E-state index contributed by atoms with van der Waals surface area (Å²) in [5.41, 5.74) is 1.30. The minimum Gasteiger partial charge on any atom is -0.455 e. The maximum absolute atomic E-state index is 6.56. The molecule has 1 aliphatic rings. The first-order chi connectivity index (χ1) is 8.21. The van der Waals surface area contributed by atoms with Crippen LogP contribution >= 0.6 is 22.6 Å². The van der Waals surface area contributed by atoms with E-state index in [2.05, 4.69) is 62.5 Å². The van der Waals surface area contributed by atoms with Gasteiger partial charge < -0.3 is 8.84 Å². The maximum atomic E-state index is 6.56. The topological polar surface area (TPSA) is 22.4 Å². The van der Waals surface area contributed by atoms with Crippen molar-refractivity contribution in [3.63, 3.8) is 0 Å². The lowest BCUT2D eigenvalue weighted by molar-refractivity contribution is 0.159. The van der Waals surface area contributed by atoms with E-state index >= 15 is 0 Å². The van der Waals surface area contributed by atoms with E-state index in [1.54, 1.807) is 0 Å². The molecule has 0 aromatic carbocycles. The first kappa shape index (κ1) is 14.6. The van der Waals surface area contributed by atoms with Gasteiger partial charge in [0.1, 0.15) is 5.76 Å². The van der Waals surface area contributed by atoms with Crippen LogP contribution in [0.5, 0.6) is 0 Å². The fourth-order valence-electron chi connectivity index (χ4n) is 2.14. The third-order valence-corrected chi connectivity index (χ3v) is 9.29. The lowest BCUT2D eigenvalue weighted by Gasteiger charge is -2.40. The highest BCUT2D eigenvalue weighted by molar-refractivity contribution is 14.1. The van der Waals surface area contributed by atoms with Gasteiger partial charge in [0.15, 0.2) is 12.1 Å². The summed E-state index contributed by atoms with van der Waals surface area (Å²) < 4.78 is 13.3. The highest BCUT2D eigenvalue weighted by atomic mass is 127. The molecular formula is C14H23IO2Si. The molecule has 2 nitrogen and oxygen atoms in total. The Kier molecular flexibility index (Phi) is 4.01. The second kappa shape index (κ2) is 4.94. The van der Waals surface area contributed by atoms with Crippen molar-refractivity contribution < 1.29 is 8.84 Å². The summed E-state index contributed by atoms with van der Waals surface area (Å²) in [5.74, 6) is 1.15. The molecule has 18 heavy (non-hydrogen) atoms. The van der Waals surface area contributed by atoms with Gasteiger partial charge in [-0.25, -0.2) is 0 Å². The van der Waals surface area contributed by atoms with Crippen molar-refractivity contribution >= 4 is 30.9 Å². The fourth-order valence-corrected chi connectivity index (χ4v) is 4.05. The predicted molar refractivity (Wildman–Crippen MR) is 85.4 cm³/mol. The van der Waals surface area contributed by atoms with Gasteiger partial charge in [-0.1, -0.05) is 20.8 Å². The zero-order valence-corrected chi connectivity index (χ0v) is 15.1. The number of fused-ring (bicyclic) bond motifs is 1. The van der Waals surface area contributed by atoms with Crippen LogP contribution in [0.4, 0.5) is 0 Å². The molecule has 2 rings (SSSR count). The van der Waals surface area contributed by atoms with E-state index in [0.717, 1.165) is 22.4 Å². The van der Waals surface area contributed by atoms with E-state index in [0.29, 0.717) is 0 Å². The molecule has 0 N–H and O–H groups in total. The second-order valence-electron chi connectivity index (χ2n) is 6.69. The summed E-state index contributed by atoms with van der Waals surface area (Å²) in [7, 11) is -1.70. The molecule has 0 spiro atoms. The molecule has 0 saturated heterocycles. The van der Waals surface area contributed by atoms with E-state index in [1.807, 2.05) is 0 Å². The van der Waals surface area contributed by atoms with Crippen LogP contribution in [-0.4, -0.2) is 8.32 Å². The number of furan rings is 1. The Morgan fingerprint density at radius 2 is 2.06 bits per heavy atom. The van der Waals surface area contributed by atoms with E-state index in [-0.39, 0.29) is 11.1 Å². The van der Waals surface area contributed by atoms with Crippen molar-refractivity contribution in [3.05, 3.63) is 21.2 Å². The average molecular weight is 378 g/mol. The van der Waals surface area contributed by atoms with E-state index in [9.17, 15) is 0 Å². The van der Waals surface area contributed by atoms with Gasteiger partial charge in [0.25, 0.3) is 0 Å². The Bertz CT molecular complexity index is 431. The van der Waals surface area contributed by atoms with E-state index in [1.165, 1.54) is 12.0 Å². The molecule has 0 amide bonds. The third kappa shape index (κ3) is 2.85. The average Bonchev–Trinajstić information content (AvgIpc) is 2.57. The first-order valence-electron chi connectivity index (χ1n) is 6.66. The van der Waals surface area contributed by atoms with E-state index in [4.69, 9.17) is 8.84 Å². The molecule has 0 saturated carbocycles. The molecule has 0 radical (unpaired) electrons. The SMILES string of the molecule is CC(C)(C)[Si](C)(C)OC1CCCc2oc(I)cc21. The van der Waals surface area contributed by atoms with Gasteiger partial charge in [0.2, 0.25) is 0 Å². The molecule has 102 valence electrons. The van der Waals surface area contributed by atoms with Gasteiger partial charge in [-0.2, -0.15) is 0 Å². The van der Waals surface area contributed by atoms with Crippen molar-refractivity contribution in [2.45, 2.75) is 64.3 Å². The number of hydrogen-bond donors (Lipinski definition) is 0. The monoisotopic (exact) mass is 378 g/mol. The number of halogens is 1. The molecule has 0 fully saturated rings. The highest BCUT2D eigenvalue weighted by Crippen LogP contribution is 2.43. The largest absolute Gasteiger partial charge is 0.455 e. The van der Waals surface area contributed by atoms with Crippen LogP contribution in [0.25, 0.3) is 0 Å². The Morgan fingerprint density at radius 3 is 2.67 bits per heavy atom. The lowest BCUT2D eigenvalue weighted by atomic mass is 9.96. The molecule has 0 bridgehead atoms. The predicted octanol–water partition coefficient (Wildman–Crippen LogP) is 5.28. The highest BCUT2D eigenvalue weighted by Gasteiger charge is 2.40. The number of aryl methyl sites for hydroxylation is 1. The molecule has 1 aliphatic carbocycles. The van der Waals surface area contributed by atoms with Gasteiger partial charge >= 0.3 is 0 Å². The summed E-state index contributed by atoms with van der Waals surface area (Å²) in [6.07, 6.45) is 3.63. The van der Waals surface area contributed by atoms with Crippen LogP contribution in [-0.2, 0) is 10.8 Å². The van der Waals surface area contributed by atoms with Gasteiger partial charge in [-0.3, -0.25) is 0 Å². The Hall–Kier alpha value is 0.187. The van der Waals surface area contributed by atoms with Gasteiger partial charge in [0.05, 0.1) is 6.10 Å². The normalized spacial score (nSPS) is 20.9. The third-order valence-electron chi connectivity index (χ3n) is 4.27. The maximum Gasteiger partial charge on any atom is 0.192 e. The molecule has 4 heteroatoms. The second-order valence-corrected chi connectivity index (χ2v) is 12.5.